The van der Waals surface area contributed by atoms with Gasteiger partial charge in [0, 0.05) is 24.8 Å². The fourth-order valence-corrected chi connectivity index (χ4v) is 6.52. The van der Waals surface area contributed by atoms with Gasteiger partial charge in [-0.05, 0) is 93.9 Å². The van der Waals surface area contributed by atoms with Crippen LogP contribution in [-0.2, 0) is 0 Å². The van der Waals surface area contributed by atoms with Gasteiger partial charge in [0.05, 0.1) is 12.6 Å². The third-order valence-corrected chi connectivity index (χ3v) is 7.67. The second kappa shape index (κ2) is 8.27. The molecule has 3 heterocycles. The van der Waals surface area contributed by atoms with E-state index in [1.807, 2.05) is 19.1 Å². The van der Waals surface area contributed by atoms with Crippen LogP contribution in [-0.4, -0.2) is 53.2 Å². The first-order valence-corrected chi connectivity index (χ1v) is 11.9. The van der Waals surface area contributed by atoms with Crippen molar-refractivity contribution in [2.45, 2.75) is 57.5 Å². The highest BCUT2D eigenvalue weighted by atomic mass is 32.1. The zero-order valence-electron chi connectivity index (χ0n) is 17.5. The summed E-state index contributed by atoms with van der Waals surface area (Å²) in [5, 5.41) is 4.38. The number of ether oxygens (including phenoxy) is 1. The Balaban J connectivity index is 1.33. The lowest BCUT2D eigenvalue weighted by Crippen LogP contribution is -2.60. The Kier molecular flexibility index (Phi) is 5.53. The number of nitrogens with zero attached hydrogens (tertiary/aromatic N) is 2. The standard InChI is InChI=1S/C24H33N3OS/c1-2-28-21-10-8-20(9-11-21)25-24(29)27-13-5-6-17-14-18-15-19(23(17)27)16-26-12-4-3-7-22(18)26/h8-11,14,18-19,22-23H,2-7,12-13,15-16H2,1H3,(H,25,29)/t18-,19+,22+,23+/m0/s1. The summed E-state index contributed by atoms with van der Waals surface area (Å²) in [6, 6.07) is 9.45. The van der Waals surface area contributed by atoms with Gasteiger partial charge in [-0.3, -0.25) is 4.90 Å². The number of thiocarbonyl (C=S) groups is 1. The number of nitrogens with one attached hydrogen (secondary N) is 1. The first-order chi connectivity index (χ1) is 14.2. The van der Waals surface area contributed by atoms with Gasteiger partial charge in [-0.15, -0.1) is 0 Å². The minimum absolute atomic E-state index is 0.491. The number of benzene rings is 1. The van der Waals surface area contributed by atoms with Crippen molar-refractivity contribution in [3.05, 3.63) is 35.9 Å². The smallest absolute Gasteiger partial charge is 0.173 e. The Morgan fingerprint density at radius 3 is 2.86 bits per heavy atom. The molecular weight excluding hydrogens is 378 g/mol. The van der Waals surface area contributed by atoms with E-state index < -0.39 is 0 Å². The molecule has 4 atom stereocenters. The zero-order valence-corrected chi connectivity index (χ0v) is 18.3. The lowest BCUT2D eigenvalue weighted by Gasteiger charge is -2.55. The first kappa shape index (κ1) is 19.4. The van der Waals surface area contributed by atoms with Crippen molar-refractivity contribution in [1.29, 1.82) is 0 Å². The van der Waals surface area contributed by atoms with Crippen LogP contribution in [0.15, 0.2) is 35.9 Å². The monoisotopic (exact) mass is 411 g/mol. The van der Waals surface area contributed by atoms with Gasteiger partial charge in [0.15, 0.2) is 5.11 Å². The third kappa shape index (κ3) is 3.79. The maximum absolute atomic E-state index is 5.91. The molecule has 1 aromatic rings. The molecule has 0 spiro atoms. The molecule has 4 aliphatic rings. The van der Waals surface area contributed by atoms with E-state index in [-0.39, 0.29) is 0 Å². The third-order valence-electron chi connectivity index (χ3n) is 7.33. The fourth-order valence-electron chi connectivity index (χ4n) is 6.20. The molecule has 2 bridgehead atoms. The van der Waals surface area contributed by atoms with Crippen molar-refractivity contribution in [1.82, 2.24) is 9.80 Å². The lowest BCUT2D eigenvalue weighted by atomic mass is 9.68. The van der Waals surface area contributed by atoms with Crippen LogP contribution in [0.5, 0.6) is 5.75 Å². The highest BCUT2D eigenvalue weighted by molar-refractivity contribution is 7.80. The number of hydrogen-bond donors (Lipinski definition) is 1. The van der Waals surface area contributed by atoms with Crippen LogP contribution in [0.4, 0.5) is 5.69 Å². The molecule has 3 aliphatic heterocycles. The van der Waals surface area contributed by atoms with E-state index in [0.717, 1.165) is 41.0 Å². The topological polar surface area (TPSA) is 27.7 Å². The van der Waals surface area contributed by atoms with Crippen LogP contribution in [0.1, 0.15) is 45.4 Å². The van der Waals surface area contributed by atoms with Crippen molar-refractivity contribution < 1.29 is 4.74 Å². The molecule has 1 aliphatic carbocycles. The van der Waals surface area contributed by atoms with Crippen molar-refractivity contribution in [3.63, 3.8) is 0 Å². The molecule has 156 valence electrons. The number of rotatable bonds is 3. The van der Waals surface area contributed by atoms with E-state index in [1.165, 1.54) is 51.6 Å². The minimum atomic E-state index is 0.491. The summed E-state index contributed by atoms with van der Waals surface area (Å²) in [7, 11) is 0. The second-order valence-electron chi connectivity index (χ2n) is 9.09. The van der Waals surface area contributed by atoms with E-state index >= 15 is 0 Å². The fraction of sp³-hybridized carbons (Fsp3) is 0.625. The summed E-state index contributed by atoms with van der Waals surface area (Å²) in [6.45, 7) is 6.31. The van der Waals surface area contributed by atoms with Crippen LogP contribution in [0.2, 0.25) is 0 Å². The molecule has 0 unspecified atom stereocenters. The van der Waals surface area contributed by atoms with Crippen molar-refractivity contribution in [2.24, 2.45) is 11.8 Å². The Morgan fingerprint density at radius 2 is 2.03 bits per heavy atom. The average Bonchev–Trinajstić information content (AvgIpc) is 2.75. The Morgan fingerprint density at radius 1 is 1.17 bits per heavy atom. The lowest BCUT2D eigenvalue weighted by molar-refractivity contribution is 0.0132. The Labute approximate surface area is 180 Å². The van der Waals surface area contributed by atoms with Gasteiger partial charge in [0.1, 0.15) is 5.75 Å². The predicted molar refractivity (Wildman–Crippen MR) is 122 cm³/mol. The van der Waals surface area contributed by atoms with Crippen LogP contribution in [0.3, 0.4) is 0 Å². The summed E-state index contributed by atoms with van der Waals surface area (Å²) in [5.74, 6) is 2.39. The molecular formula is C24H33N3OS. The van der Waals surface area contributed by atoms with E-state index in [9.17, 15) is 0 Å². The second-order valence-corrected chi connectivity index (χ2v) is 9.48. The molecule has 29 heavy (non-hydrogen) atoms. The summed E-state index contributed by atoms with van der Waals surface area (Å²) < 4.78 is 5.56. The van der Waals surface area contributed by atoms with Crippen LogP contribution in [0.25, 0.3) is 0 Å². The number of anilines is 1. The van der Waals surface area contributed by atoms with Gasteiger partial charge >= 0.3 is 0 Å². The van der Waals surface area contributed by atoms with E-state index in [0.29, 0.717) is 12.6 Å². The summed E-state index contributed by atoms with van der Waals surface area (Å²) in [6.07, 6.45) is 10.7. The normalized spacial score (nSPS) is 31.3. The summed E-state index contributed by atoms with van der Waals surface area (Å²) in [5.41, 5.74) is 2.71. The zero-order chi connectivity index (χ0) is 19.8. The highest BCUT2D eigenvalue weighted by Gasteiger charge is 2.46. The maximum Gasteiger partial charge on any atom is 0.173 e. The largest absolute Gasteiger partial charge is 0.494 e. The maximum atomic E-state index is 5.91. The molecule has 1 aromatic carbocycles. The van der Waals surface area contributed by atoms with Crippen LogP contribution < -0.4 is 10.1 Å². The van der Waals surface area contributed by atoms with Crippen molar-refractivity contribution >= 4 is 23.0 Å². The number of likely N-dealkylation sites (tertiary alicyclic amines) is 1. The van der Waals surface area contributed by atoms with Crippen molar-refractivity contribution in [3.8, 4) is 5.75 Å². The van der Waals surface area contributed by atoms with E-state index in [4.69, 9.17) is 17.0 Å². The molecule has 1 N–H and O–H groups in total. The molecule has 0 aromatic heterocycles. The number of piperidine rings is 3. The SMILES string of the molecule is CCOc1ccc(NC(=S)N2CCCC3=C[C@H]4C[C@H](CN5CCCC[C@H]45)[C@@H]32)cc1. The molecule has 3 fully saturated rings. The van der Waals surface area contributed by atoms with Gasteiger partial charge in [-0.2, -0.15) is 0 Å². The highest BCUT2D eigenvalue weighted by Crippen LogP contribution is 2.45. The molecule has 3 saturated heterocycles. The van der Waals surface area contributed by atoms with E-state index in [1.54, 1.807) is 5.57 Å². The minimum Gasteiger partial charge on any atom is -0.494 e. The van der Waals surface area contributed by atoms with Crippen LogP contribution in [0, 0.1) is 11.8 Å². The molecule has 0 saturated carbocycles. The Hall–Kier alpha value is -1.59. The average molecular weight is 412 g/mol. The van der Waals surface area contributed by atoms with Crippen LogP contribution >= 0.6 is 12.2 Å². The Bertz CT molecular complexity index is 777. The number of hydrogen-bond acceptors (Lipinski definition) is 3. The van der Waals surface area contributed by atoms with E-state index in [2.05, 4.69) is 33.3 Å². The van der Waals surface area contributed by atoms with Gasteiger partial charge in [0.2, 0.25) is 0 Å². The molecule has 4 nitrogen and oxygen atoms in total. The summed E-state index contributed by atoms with van der Waals surface area (Å²) >= 11 is 5.91. The molecule has 0 amide bonds. The van der Waals surface area contributed by atoms with Gasteiger partial charge in [-0.25, -0.2) is 0 Å². The predicted octanol–water partition coefficient (Wildman–Crippen LogP) is 4.68. The van der Waals surface area contributed by atoms with Crippen molar-refractivity contribution in [2.75, 3.05) is 31.6 Å². The summed E-state index contributed by atoms with van der Waals surface area (Å²) in [4.78, 5) is 5.29. The van der Waals surface area contributed by atoms with Gasteiger partial charge < -0.3 is 15.0 Å². The first-order valence-electron chi connectivity index (χ1n) is 11.5. The molecule has 5 rings (SSSR count). The van der Waals surface area contributed by atoms with Gasteiger partial charge in [-0.1, -0.05) is 18.1 Å². The van der Waals surface area contributed by atoms with Gasteiger partial charge in [0.25, 0.3) is 0 Å². The molecule has 0 radical (unpaired) electrons. The quantitative estimate of drug-likeness (QED) is 0.576. The molecule has 5 heteroatoms. The number of fused-ring (bicyclic) bond motifs is 6.